The Labute approximate surface area is 117 Å². The molecule has 0 bridgehead atoms. The molecule has 0 saturated carbocycles. The van der Waals surface area contributed by atoms with E-state index in [1.54, 1.807) is 19.2 Å². The van der Waals surface area contributed by atoms with Crippen LogP contribution in [0.3, 0.4) is 0 Å². The van der Waals surface area contributed by atoms with Gasteiger partial charge in [0.15, 0.2) is 0 Å². The minimum Gasteiger partial charge on any atom is -0.478 e. The van der Waals surface area contributed by atoms with Crippen LogP contribution in [-0.2, 0) is 20.7 Å². The Balaban J connectivity index is 2.28. The highest BCUT2D eigenvalue weighted by atomic mass is 16.5. The molecular weight excluding hydrogens is 262 g/mol. The molecule has 0 fully saturated rings. The van der Waals surface area contributed by atoms with E-state index < -0.39 is 5.97 Å². The lowest BCUT2D eigenvalue weighted by molar-refractivity contribution is -0.120. The van der Waals surface area contributed by atoms with Crippen molar-refractivity contribution in [3.63, 3.8) is 0 Å². The van der Waals surface area contributed by atoms with Gasteiger partial charge in [-0.1, -0.05) is 12.1 Å². The van der Waals surface area contributed by atoms with Gasteiger partial charge >= 0.3 is 5.97 Å². The van der Waals surface area contributed by atoms with Gasteiger partial charge < -0.3 is 19.9 Å². The number of hydrogen-bond donors (Lipinski definition) is 2. The van der Waals surface area contributed by atoms with Gasteiger partial charge in [-0.2, -0.15) is 0 Å². The largest absolute Gasteiger partial charge is 0.478 e. The average molecular weight is 281 g/mol. The first-order valence-corrected chi connectivity index (χ1v) is 6.29. The number of benzene rings is 1. The average Bonchev–Trinajstić information content (AvgIpc) is 2.43. The van der Waals surface area contributed by atoms with Gasteiger partial charge in [0, 0.05) is 13.7 Å². The molecule has 0 aliphatic heterocycles. The summed E-state index contributed by atoms with van der Waals surface area (Å²) in [5.41, 5.74) is 0.848. The van der Waals surface area contributed by atoms with Gasteiger partial charge in [-0.25, -0.2) is 4.79 Å². The molecule has 1 aromatic carbocycles. The third-order valence-corrected chi connectivity index (χ3v) is 2.54. The zero-order chi connectivity index (χ0) is 14.8. The fraction of sp³-hybridized carbons (Fsp3) is 0.429. The lowest BCUT2D eigenvalue weighted by Crippen LogP contribution is -2.29. The quantitative estimate of drug-likeness (QED) is 0.651. The lowest BCUT2D eigenvalue weighted by Gasteiger charge is -2.06. The monoisotopic (exact) mass is 281 g/mol. The number of nitrogens with one attached hydrogen (secondary N) is 1. The van der Waals surface area contributed by atoms with Crippen LogP contribution >= 0.6 is 0 Å². The van der Waals surface area contributed by atoms with E-state index in [1.165, 1.54) is 12.1 Å². The normalized spacial score (nSPS) is 10.2. The van der Waals surface area contributed by atoms with E-state index in [9.17, 15) is 9.59 Å². The molecule has 0 saturated heterocycles. The third kappa shape index (κ3) is 6.31. The van der Waals surface area contributed by atoms with E-state index in [4.69, 9.17) is 14.6 Å². The van der Waals surface area contributed by atoms with Gasteiger partial charge in [-0.3, -0.25) is 4.79 Å². The fourth-order valence-corrected chi connectivity index (χ4v) is 1.57. The molecule has 6 nitrogen and oxygen atoms in total. The Kier molecular flexibility index (Phi) is 7.31. The van der Waals surface area contributed by atoms with Crippen molar-refractivity contribution in [1.29, 1.82) is 0 Å². The van der Waals surface area contributed by atoms with Gasteiger partial charge in [-0.05, 0) is 17.7 Å². The maximum atomic E-state index is 11.6. The second-order valence-corrected chi connectivity index (χ2v) is 4.14. The van der Waals surface area contributed by atoms with Crippen LogP contribution in [0.2, 0.25) is 0 Å². The highest BCUT2D eigenvalue weighted by Crippen LogP contribution is 2.06. The number of hydrogen-bond acceptors (Lipinski definition) is 4. The van der Waals surface area contributed by atoms with Gasteiger partial charge in [-0.15, -0.1) is 0 Å². The Hall–Kier alpha value is -1.92. The first-order valence-electron chi connectivity index (χ1n) is 6.29. The molecule has 0 aliphatic rings. The third-order valence-electron chi connectivity index (χ3n) is 2.54. The summed E-state index contributed by atoms with van der Waals surface area (Å²) in [6.07, 6.45) is 0.152. The van der Waals surface area contributed by atoms with E-state index in [0.717, 1.165) is 0 Å². The first-order chi connectivity index (χ1) is 9.63. The van der Waals surface area contributed by atoms with Crippen molar-refractivity contribution in [3.05, 3.63) is 35.4 Å². The summed E-state index contributed by atoms with van der Waals surface area (Å²) in [4.78, 5) is 22.5. The van der Waals surface area contributed by atoms with Crippen molar-refractivity contribution in [1.82, 2.24) is 5.32 Å². The Morgan fingerprint density at radius 2 is 2.05 bits per heavy atom. The topological polar surface area (TPSA) is 84.9 Å². The number of carbonyl (C=O) groups excluding carboxylic acids is 1. The smallest absolute Gasteiger partial charge is 0.335 e. The standard InChI is InChI=1S/C14H19NO5/c1-19-7-8-20-6-5-15-13(16)10-11-3-2-4-12(9-11)14(17)18/h2-4,9H,5-8,10H2,1H3,(H,15,16)(H,17,18). The molecule has 20 heavy (non-hydrogen) atoms. The van der Waals surface area contributed by atoms with Crippen LogP contribution in [-0.4, -0.2) is 50.5 Å². The van der Waals surface area contributed by atoms with Crippen molar-refractivity contribution in [2.45, 2.75) is 6.42 Å². The van der Waals surface area contributed by atoms with Crippen LogP contribution in [0.15, 0.2) is 24.3 Å². The highest BCUT2D eigenvalue weighted by Gasteiger charge is 2.06. The summed E-state index contributed by atoms with van der Waals surface area (Å²) in [6, 6.07) is 6.34. The van der Waals surface area contributed by atoms with Crippen molar-refractivity contribution in [3.8, 4) is 0 Å². The van der Waals surface area contributed by atoms with E-state index in [-0.39, 0.29) is 17.9 Å². The molecule has 2 N–H and O–H groups in total. The second-order valence-electron chi connectivity index (χ2n) is 4.14. The molecule has 0 radical (unpaired) electrons. The maximum Gasteiger partial charge on any atom is 0.335 e. The maximum absolute atomic E-state index is 11.6. The van der Waals surface area contributed by atoms with Crippen molar-refractivity contribution in [2.75, 3.05) is 33.5 Å². The number of methoxy groups -OCH3 is 1. The number of rotatable bonds is 9. The summed E-state index contributed by atoms with van der Waals surface area (Å²) in [6.45, 7) is 1.86. The molecule has 0 heterocycles. The number of carboxylic acid groups (broad SMARTS) is 1. The molecule has 0 atom stereocenters. The highest BCUT2D eigenvalue weighted by molar-refractivity contribution is 5.88. The van der Waals surface area contributed by atoms with Crippen molar-refractivity contribution >= 4 is 11.9 Å². The number of amides is 1. The molecule has 1 aromatic rings. The molecule has 1 amide bonds. The first kappa shape index (κ1) is 16.1. The Morgan fingerprint density at radius 3 is 2.75 bits per heavy atom. The van der Waals surface area contributed by atoms with Crippen LogP contribution in [0, 0.1) is 0 Å². The lowest BCUT2D eigenvalue weighted by atomic mass is 10.1. The number of carboxylic acids is 1. The van der Waals surface area contributed by atoms with Gasteiger partial charge in [0.25, 0.3) is 0 Å². The van der Waals surface area contributed by atoms with Crippen molar-refractivity contribution in [2.24, 2.45) is 0 Å². The molecule has 0 aromatic heterocycles. The van der Waals surface area contributed by atoms with Crippen LogP contribution < -0.4 is 5.32 Å². The molecule has 110 valence electrons. The molecule has 0 aliphatic carbocycles. The van der Waals surface area contributed by atoms with Crippen LogP contribution in [0.5, 0.6) is 0 Å². The molecule has 1 rings (SSSR count). The molecular formula is C14H19NO5. The molecule has 0 unspecified atom stereocenters. The van der Waals surface area contributed by atoms with E-state index in [1.807, 2.05) is 0 Å². The predicted octanol–water partition coefficient (Wildman–Crippen LogP) is 0.707. The van der Waals surface area contributed by atoms with Crippen LogP contribution in [0.25, 0.3) is 0 Å². The van der Waals surface area contributed by atoms with Crippen molar-refractivity contribution < 1.29 is 24.2 Å². The molecule has 0 spiro atoms. The zero-order valence-corrected chi connectivity index (χ0v) is 11.4. The molecule has 6 heteroatoms. The van der Waals surface area contributed by atoms with Gasteiger partial charge in [0.1, 0.15) is 0 Å². The summed E-state index contributed by atoms with van der Waals surface area (Å²) < 4.78 is 10.0. The van der Waals surface area contributed by atoms with Gasteiger partial charge in [0.2, 0.25) is 5.91 Å². The van der Waals surface area contributed by atoms with Crippen LogP contribution in [0.4, 0.5) is 0 Å². The van der Waals surface area contributed by atoms with Gasteiger partial charge in [0.05, 0.1) is 31.8 Å². The summed E-state index contributed by atoms with van der Waals surface area (Å²) >= 11 is 0. The van der Waals surface area contributed by atoms with E-state index >= 15 is 0 Å². The fourth-order valence-electron chi connectivity index (χ4n) is 1.57. The summed E-state index contributed by atoms with van der Waals surface area (Å²) in [5.74, 6) is -1.17. The second kappa shape index (κ2) is 9.06. The van der Waals surface area contributed by atoms with Crippen LogP contribution in [0.1, 0.15) is 15.9 Å². The van der Waals surface area contributed by atoms with E-state index in [0.29, 0.717) is 31.9 Å². The SMILES string of the molecule is COCCOCCNC(=O)Cc1cccc(C(=O)O)c1. The Bertz CT molecular complexity index is 447. The number of carbonyl (C=O) groups is 2. The van der Waals surface area contributed by atoms with E-state index in [2.05, 4.69) is 5.32 Å². The summed E-state index contributed by atoms with van der Waals surface area (Å²) in [5, 5.41) is 11.6. The minimum absolute atomic E-state index is 0.152. The Morgan fingerprint density at radius 1 is 1.25 bits per heavy atom. The summed E-state index contributed by atoms with van der Waals surface area (Å²) in [7, 11) is 1.59. The minimum atomic E-state index is -1.00. The number of aromatic carboxylic acids is 1. The predicted molar refractivity (Wildman–Crippen MR) is 72.8 cm³/mol. The zero-order valence-electron chi connectivity index (χ0n) is 11.4. The number of ether oxygens (including phenoxy) is 2.